The van der Waals surface area contributed by atoms with Crippen molar-refractivity contribution >= 4 is 5.91 Å². The first-order chi connectivity index (χ1) is 10.1. The molecule has 1 unspecified atom stereocenters. The number of likely N-dealkylation sites (tertiary alicyclic amines) is 1. The molecular weight excluding hydrogens is 266 g/mol. The first-order valence-electron chi connectivity index (χ1n) is 7.83. The minimum absolute atomic E-state index is 0.146. The lowest BCUT2D eigenvalue weighted by Crippen LogP contribution is -2.46. The van der Waals surface area contributed by atoms with E-state index in [-0.39, 0.29) is 5.91 Å². The van der Waals surface area contributed by atoms with Crippen molar-refractivity contribution in [2.45, 2.75) is 45.2 Å². The Bertz CT molecular complexity index is 456. The molecule has 5 nitrogen and oxygen atoms in total. The molecule has 5 heteroatoms. The molecule has 0 bridgehead atoms. The Morgan fingerprint density at radius 3 is 2.95 bits per heavy atom. The lowest BCUT2D eigenvalue weighted by atomic mass is 9.99. The molecule has 1 aliphatic heterocycles. The van der Waals surface area contributed by atoms with Crippen molar-refractivity contribution in [1.82, 2.24) is 9.80 Å². The molecule has 2 N–H and O–H groups in total. The summed E-state index contributed by atoms with van der Waals surface area (Å²) in [6.45, 7) is 4.63. The van der Waals surface area contributed by atoms with Gasteiger partial charge in [0.25, 0.3) is 0 Å². The fraction of sp³-hybridized carbons (Fsp3) is 0.688. The molecule has 1 aliphatic rings. The van der Waals surface area contributed by atoms with E-state index in [0.29, 0.717) is 25.7 Å². The summed E-state index contributed by atoms with van der Waals surface area (Å²) in [4.78, 5) is 16.4. The van der Waals surface area contributed by atoms with Crippen molar-refractivity contribution in [3.05, 3.63) is 23.7 Å². The van der Waals surface area contributed by atoms with E-state index < -0.39 is 0 Å². The first kappa shape index (κ1) is 16.0. The summed E-state index contributed by atoms with van der Waals surface area (Å²) in [5.41, 5.74) is 5.68. The average molecular weight is 293 g/mol. The third-order valence-electron chi connectivity index (χ3n) is 4.20. The normalized spacial score (nSPS) is 19.7. The SMILES string of the molecule is Cc1ccc(CN(C)C(=O)CN2CCCCC2CCN)o1. The molecule has 1 aromatic rings. The largest absolute Gasteiger partial charge is 0.464 e. The maximum Gasteiger partial charge on any atom is 0.236 e. The number of nitrogens with zero attached hydrogens (tertiary/aromatic N) is 2. The third-order valence-corrected chi connectivity index (χ3v) is 4.20. The van der Waals surface area contributed by atoms with Crippen LogP contribution in [0.15, 0.2) is 16.5 Å². The van der Waals surface area contributed by atoms with Gasteiger partial charge in [-0.2, -0.15) is 0 Å². The maximum absolute atomic E-state index is 12.4. The number of furan rings is 1. The number of nitrogens with two attached hydrogens (primary N) is 1. The summed E-state index contributed by atoms with van der Waals surface area (Å²) in [5.74, 6) is 1.86. The molecule has 1 amide bonds. The van der Waals surface area contributed by atoms with Crippen LogP contribution in [0.25, 0.3) is 0 Å². The monoisotopic (exact) mass is 293 g/mol. The lowest BCUT2D eigenvalue weighted by Gasteiger charge is -2.35. The summed E-state index contributed by atoms with van der Waals surface area (Å²) in [5, 5.41) is 0. The van der Waals surface area contributed by atoms with E-state index in [9.17, 15) is 4.79 Å². The Kier molecular flexibility index (Phi) is 5.82. The van der Waals surface area contributed by atoms with E-state index in [1.54, 1.807) is 4.90 Å². The predicted octanol–water partition coefficient (Wildman–Crippen LogP) is 1.75. The highest BCUT2D eigenvalue weighted by atomic mass is 16.3. The molecule has 1 fully saturated rings. The number of aryl methyl sites for hydroxylation is 1. The number of hydrogen-bond donors (Lipinski definition) is 1. The molecule has 1 aromatic heterocycles. The fourth-order valence-corrected chi connectivity index (χ4v) is 2.97. The molecule has 0 aromatic carbocycles. The minimum atomic E-state index is 0.146. The van der Waals surface area contributed by atoms with Gasteiger partial charge in [0.2, 0.25) is 5.91 Å². The highest BCUT2D eigenvalue weighted by Crippen LogP contribution is 2.19. The Balaban J connectivity index is 1.86. The molecule has 21 heavy (non-hydrogen) atoms. The Morgan fingerprint density at radius 2 is 2.29 bits per heavy atom. The number of rotatable bonds is 6. The van der Waals surface area contributed by atoms with Crippen LogP contribution in [0.5, 0.6) is 0 Å². The second-order valence-corrected chi connectivity index (χ2v) is 5.96. The summed E-state index contributed by atoms with van der Waals surface area (Å²) < 4.78 is 5.53. The van der Waals surface area contributed by atoms with Crippen LogP contribution in [0, 0.1) is 6.92 Å². The van der Waals surface area contributed by atoms with Crippen molar-refractivity contribution in [2.24, 2.45) is 5.73 Å². The smallest absolute Gasteiger partial charge is 0.236 e. The summed E-state index contributed by atoms with van der Waals surface area (Å²) >= 11 is 0. The van der Waals surface area contributed by atoms with Crippen LogP contribution in [0.2, 0.25) is 0 Å². The molecule has 0 saturated carbocycles. The van der Waals surface area contributed by atoms with Gasteiger partial charge in [0.1, 0.15) is 11.5 Å². The standard InChI is InChI=1S/C16H27N3O2/c1-13-6-7-15(21-13)11-18(2)16(20)12-19-10-4-3-5-14(19)8-9-17/h6-7,14H,3-5,8-12,17H2,1-2H3. The average Bonchev–Trinajstić information content (AvgIpc) is 2.86. The van der Waals surface area contributed by atoms with Gasteiger partial charge < -0.3 is 15.1 Å². The van der Waals surface area contributed by atoms with Gasteiger partial charge in [-0.3, -0.25) is 9.69 Å². The Hall–Kier alpha value is -1.33. The number of piperidine rings is 1. The molecular formula is C16H27N3O2. The van der Waals surface area contributed by atoms with Crippen LogP contribution in [-0.2, 0) is 11.3 Å². The second kappa shape index (κ2) is 7.61. The van der Waals surface area contributed by atoms with E-state index in [0.717, 1.165) is 30.9 Å². The molecule has 0 spiro atoms. The summed E-state index contributed by atoms with van der Waals surface area (Å²) in [6, 6.07) is 4.32. The first-order valence-corrected chi connectivity index (χ1v) is 7.83. The van der Waals surface area contributed by atoms with Crippen molar-refractivity contribution in [1.29, 1.82) is 0 Å². The maximum atomic E-state index is 12.4. The minimum Gasteiger partial charge on any atom is -0.464 e. The van der Waals surface area contributed by atoms with E-state index in [2.05, 4.69) is 4.90 Å². The molecule has 1 atom stereocenters. The van der Waals surface area contributed by atoms with Gasteiger partial charge in [0, 0.05) is 13.1 Å². The molecule has 0 radical (unpaired) electrons. The van der Waals surface area contributed by atoms with Gasteiger partial charge in [0.05, 0.1) is 13.1 Å². The lowest BCUT2D eigenvalue weighted by molar-refractivity contribution is -0.132. The van der Waals surface area contributed by atoms with Crippen molar-refractivity contribution in [3.63, 3.8) is 0 Å². The number of carbonyl (C=O) groups excluding carboxylic acids is 1. The zero-order valence-corrected chi connectivity index (χ0v) is 13.2. The van der Waals surface area contributed by atoms with Crippen molar-refractivity contribution in [2.75, 3.05) is 26.7 Å². The van der Waals surface area contributed by atoms with Crippen LogP contribution < -0.4 is 5.73 Å². The number of hydrogen-bond acceptors (Lipinski definition) is 4. The van der Waals surface area contributed by atoms with Crippen LogP contribution in [-0.4, -0.2) is 48.4 Å². The van der Waals surface area contributed by atoms with Gasteiger partial charge in [-0.05, 0) is 51.4 Å². The van der Waals surface area contributed by atoms with E-state index in [1.165, 1.54) is 12.8 Å². The van der Waals surface area contributed by atoms with Crippen LogP contribution in [0.3, 0.4) is 0 Å². The zero-order valence-electron chi connectivity index (χ0n) is 13.2. The Morgan fingerprint density at radius 1 is 1.48 bits per heavy atom. The highest BCUT2D eigenvalue weighted by molar-refractivity contribution is 5.78. The van der Waals surface area contributed by atoms with Gasteiger partial charge in [-0.25, -0.2) is 0 Å². The van der Waals surface area contributed by atoms with Crippen LogP contribution in [0.1, 0.15) is 37.2 Å². The molecule has 118 valence electrons. The second-order valence-electron chi connectivity index (χ2n) is 5.96. The molecule has 0 aliphatic carbocycles. The van der Waals surface area contributed by atoms with E-state index in [1.807, 2.05) is 26.1 Å². The zero-order chi connectivity index (χ0) is 15.2. The number of amides is 1. The summed E-state index contributed by atoms with van der Waals surface area (Å²) in [6.07, 6.45) is 4.56. The predicted molar refractivity (Wildman–Crippen MR) is 82.8 cm³/mol. The Labute approximate surface area is 127 Å². The van der Waals surface area contributed by atoms with Crippen molar-refractivity contribution < 1.29 is 9.21 Å². The fourth-order valence-electron chi connectivity index (χ4n) is 2.97. The van der Waals surface area contributed by atoms with Crippen molar-refractivity contribution in [3.8, 4) is 0 Å². The van der Waals surface area contributed by atoms with Gasteiger partial charge in [-0.1, -0.05) is 6.42 Å². The highest BCUT2D eigenvalue weighted by Gasteiger charge is 2.24. The number of likely N-dealkylation sites (N-methyl/N-ethyl adjacent to an activating group) is 1. The molecule has 2 rings (SSSR count). The van der Waals surface area contributed by atoms with E-state index in [4.69, 9.17) is 10.2 Å². The van der Waals surface area contributed by atoms with Crippen LogP contribution >= 0.6 is 0 Å². The van der Waals surface area contributed by atoms with Crippen LogP contribution in [0.4, 0.5) is 0 Å². The number of carbonyl (C=O) groups is 1. The third kappa shape index (κ3) is 4.58. The molecule has 2 heterocycles. The quantitative estimate of drug-likeness (QED) is 0.868. The molecule has 1 saturated heterocycles. The van der Waals surface area contributed by atoms with Gasteiger partial charge >= 0.3 is 0 Å². The topological polar surface area (TPSA) is 62.7 Å². The van der Waals surface area contributed by atoms with E-state index >= 15 is 0 Å². The van der Waals surface area contributed by atoms with Gasteiger partial charge in [-0.15, -0.1) is 0 Å². The summed E-state index contributed by atoms with van der Waals surface area (Å²) in [7, 11) is 1.84. The van der Waals surface area contributed by atoms with Gasteiger partial charge in [0.15, 0.2) is 0 Å².